The van der Waals surface area contributed by atoms with Crippen molar-refractivity contribution in [2.45, 2.75) is 13.8 Å². The molecule has 1 rings (SSSR count). The van der Waals surface area contributed by atoms with Crippen molar-refractivity contribution in [3.8, 4) is 0 Å². The molecule has 0 saturated heterocycles. The molecule has 3 nitrogen and oxygen atoms in total. The fraction of sp³-hybridized carbons (Fsp3) is 0.364. The zero-order valence-electron chi connectivity index (χ0n) is 8.88. The Labute approximate surface area is 88.5 Å². The molecule has 4 heteroatoms. The average molecular weight is 210 g/mol. The maximum Gasteiger partial charge on any atom is 0.251 e. The second-order valence-corrected chi connectivity index (χ2v) is 3.88. The van der Waals surface area contributed by atoms with Crippen LogP contribution in [0.3, 0.4) is 0 Å². The summed E-state index contributed by atoms with van der Waals surface area (Å²) in [4.78, 5) is 11.5. The van der Waals surface area contributed by atoms with E-state index in [2.05, 4.69) is 5.32 Å². The molecule has 0 atom stereocenters. The van der Waals surface area contributed by atoms with E-state index < -0.39 is 5.82 Å². The van der Waals surface area contributed by atoms with Crippen molar-refractivity contribution in [2.75, 3.05) is 12.3 Å². The molecule has 1 amide bonds. The Balaban J connectivity index is 2.73. The maximum absolute atomic E-state index is 12.9. The van der Waals surface area contributed by atoms with E-state index in [-0.39, 0.29) is 17.2 Å². The SMILES string of the molecule is CC(C)CNC(=O)c1cc(N)cc(F)c1. The van der Waals surface area contributed by atoms with Gasteiger partial charge in [-0.2, -0.15) is 0 Å². The number of halogens is 1. The molecule has 0 fully saturated rings. The number of nitrogens with two attached hydrogens (primary N) is 1. The molecule has 0 bridgehead atoms. The number of nitrogen functional groups attached to an aromatic ring is 1. The van der Waals surface area contributed by atoms with Crippen LogP contribution in [0.1, 0.15) is 24.2 Å². The maximum atomic E-state index is 12.9. The summed E-state index contributed by atoms with van der Waals surface area (Å²) in [5.74, 6) is -0.431. The number of hydrogen-bond donors (Lipinski definition) is 2. The first kappa shape index (κ1) is 11.5. The van der Waals surface area contributed by atoms with E-state index >= 15 is 0 Å². The number of carbonyl (C=O) groups excluding carboxylic acids is 1. The van der Waals surface area contributed by atoms with E-state index in [4.69, 9.17) is 5.73 Å². The summed E-state index contributed by atoms with van der Waals surface area (Å²) >= 11 is 0. The molecule has 0 heterocycles. The van der Waals surface area contributed by atoms with Gasteiger partial charge in [-0.05, 0) is 24.1 Å². The molecular formula is C11H15FN2O. The fourth-order valence-corrected chi connectivity index (χ4v) is 1.14. The highest BCUT2D eigenvalue weighted by molar-refractivity contribution is 5.95. The van der Waals surface area contributed by atoms with Crippen molar-refractivity contribution in [1.82, 2.24) is 5.32 Å². The van der Waals surface area contributed by atoms with Gasteiger partial charge >= 0.3 is 0 Å². The molecule has 0 aromatic heterocycles. The third-order valence-corrected chi connectivity index (χ3v) is 1.85. The highest BCUT2D eigenvalue weighted by atomic mass is 19.1. The summed E-state index contributed by atoms with van der Waals surface area (Å²) in [6.07, 6.45) is 0. The van der Waals surface area contributed by atoms with Gasteiger partial charge in [0.15, 0.2) is 0 Å². The van der Waals surface area contributed by atoms with Crippen LogP contribution >= 0.6 is 0 Å². The molecule has 0 unspecified atom stereocenters. The predicted octanol–water partition coefficient (Wildman–Crippen LogP) is 1.79. The zero-order valence-corrected chi connectivity index (χ0v) is 8.88. The first-order chi connectivity index (χ1) is 6.99. The summed E-state index contributed by atoms with van der Waals surface area (Å²) in [5.41, 5.74) is 5.95. The number of amides is 1. The molecule has 1 aromatic rings. The van der Waals surface area contributed by atoms with Crippen LogP contribution in [0.5, 0.6) is 0 Å². The van der Waals surface area contributed by atoms with Gasteiger partial charge in [0.25, 0.3) is 5.91 Å². The van der Waals surface area contributed by atoms with E-state index in [0.717, 1.165) is 0 Å². The highest BCUT2D eigenvalue weighted by Crippen LogP contribution is 2.10. The molecule has 0 saturated carbocycles. The van der Waals surface area contributed by atoms with E-state index in [9.17, 15) is 9.18 Å². The van der Waals surface area contributed by atoms with Gasteiger partial charge in [-0.15, -0.1) is 0 Å². The van der Waals surface area contributed by atoms with Crippen LogP contribution in [0.25, 0.3) is 0 Å². The Hall–Kier alpha value is -1.58. The van der Waals surface area contributed by atoms with Gasteiger partial charge in [-0.1, -0.05) is 13.8 Å². The monoisotopic (exact) mass is 210 g/mol. The molecule has 1 aromatic carbocycles. The van der Waals surface area contributed by atoms with Crippen molar-refractivity contribution in [2.24, 2.45) is 5.92 Å². The Kier molecular flexibility index (Phi) is 3.66. The Morgan fingerprint density at radius 2 is 2.13 bits per heavy atom. The second kappa shape index (κ2) is 4.77. The van der Waals surface area contributed by atoms with E-state index in [1.807, 2.05) is 13.8 Å². The van der Waals surface area contributed by atoms with Crippen LogP contribution in [-0.4, -0.2) is 12.5 Å². The van der Waals surface area contributed by atoms with Crippen molar-refractivity contribution in [3.63, 3.8) is 0 Å². The van der Waals surface area contributed by atoms with Gasteiger partial charge in [0.2, 0.25) is 0 Å². The molecular weight excluding hydrogens is 195 g/mol. The van der Waals surface area contributed by atoms with Gasteiger partial charge in [-0.25, -0.2) is 4.39 Å². The lowest BCUT2D eigenvalue weighted by molar-refractivity contribution is 0.0948. The molecule has 0 aliphatic carbocycles. The summed E-state index contributed by atoms with van der Waals surface area (Å²) < 4.78 is 12.9. The fourth-order valence-electron chi connectivity index (χ4n) is 1.14. The number of hydrogen-bond acceptors (Lipinski definition) is 2. The smallest absolute Gasteiger partial charge is 0.251 e. The Morgan fingerprint density at radius 3 is 2.67 bits per heavy atom. The van der Waals surface area contributed by atoms with E-state index in [1.165, 1.54) is 18.2 Å². The Morgan fingerprint density at radius 1 is 1.47 bits per heavy atom. The number of anilines is 1. The summed E-state index contributed by atoms with van der Waals surface area (Å²) in [5, 5.41) is 2.69. The first-order valence-corrected chi connectivity index (χ1v) is 4.83. The third-order valence-electron chi connectivity index (χ3n) is 1.85. The van der Waals surface area contributed by atoms with Crippen molar-refractivity contribution in [1.29, 1.82) is 0 Å². The van der Waals surface area contributed by atoms with Crippen LogP contribution in [0.15, 0.2) is 18.2 Å². The molecule has 82 valence electrons. The third kappa shape index (κ3) is 3.58. The summed E-state index contributed by atoms with van der Waals surface area (Å²) in [6, 6.07) is 3.81. The van der Waals surface area contributed by atoms with Crippen LogP contribution in [0.2, 0.25) is 0 Å². The van der Waals surface area contributed by atoms with Crippen LogP contribution in [0, 0.1) is 11.7 Å². The minimum atomic E-state index is -0.496. The molecule has 0 spiro atoms. The largest absolute Gasteiger partial charge is 0.399 e. The zero-order chi connectivity index (χ0) is 11.4. The predicted molar refractivity (Wildman–Crippen MR) is 58.0 cm³/mol. The minimum Gasteiger partial charge on any atom is -0.399 e. The van der Waals surface area contributed by atoms with Gasteiger partial charge in [0.05, 0.1) is 0 Å². The van der Waals surface area contributed by atoms with E-state index in [0.29, 0.717) is 12.5 Å². The first-order valence-electron chi connectivity index (χ1n) is 4.83. The molecule has 0 aliphatic heterocycles. The normalized spacial score (nSPS) is 10.4. The van der Waals surface area contributed by atoms with Crippen LogP contribution < -0.4 is 11.1 Å². The average Bonchev–Trinajstić information content (AvgIpc) is 2.12. The summed E-state index contributed by atoms with van der Waals surface area (Å²) in [7, 11) is 0. The van der Waals surface area contributed by atoms with Crippen molar-refractivity contribution in [3.05, 3.63) is 29.6 Å². The van der Waals surface area contributed by atoms with Crippen molar-refractivity contribution >= 4 is 11.6 Å². The highest BCUT2D eigenvalue weighted by Gasteiger charge is 2.07. The minimum absolute atomic E-state index is 0.254. The molecule has 3 N–H and O–H groups in total. The van der Waals surface area contributed by atoms with Gasteiger partial charge in [0, 0.05) is 17.8 Å². The second-order valence-electron chi connectivity index (χ2n) is 3.88. The van der Waals surface area contributed by atoms with Gasteiger partial charge in [0.1, 0.15) is 5.82 Å². The van der Waals surface area contributed by atoms with Crippen LogP contribution in [0.4, 0.5) is 10.1 Å². The lowest BCUT2D eigenvalue weighted by Crippen LogP contribution is -2.27. The van der Waals surface area contributed by atoms with Gasteiger partial charge < -0.3 is 11.1 Å². The van der Waals surface area contributed by atoms with Crippen LogP contribution in [-0.2, 0) is 0 Å². The number of benzene rings is 1. The standard InChI is InChI=1S/C11H15FN2O/c1-7(2)6-14-11(15)8-3-9(12)5-10(13)4-8/h3-5,7H,6,13H2,1-2H3,(H,14,15). The molecule has 15 heavy (non-hydrogen) atoms. The Bertz CT molecular complexity index is 343. The lowest BCUT2D eigenvalue weighted by Gasteiger charge is -2.08. The number of nitrogens with one attached hydrogen (secondary N) is 1. The quantitative estimate of drug-likeness (QED) is 0.747. The van der Waals surface area contributed by atoms with Crippen molar-refractivity contribution < 1.29 is 9.18 Å². The summed E-state index contributed by atoms with van der Waals surface area (Å²) in [6.45, 7) is 4.54. The lowest BCUT2D eigenvalue weighted by atomic mass is 10.1. The molecule has 0 aliphatic rings. The number of rotatable bonds is 3. The molecule has 0 radical (unpaired) electrons. The topological polar surface area (TPSA) is 55.1 Å². The van der Waals surface area contributed by atoms with Gasteiger partial charge in [-0.3, -0.25) is 4.79 Å². The number of carbonyl (C=O) groups is 1. The van der Waals surface area contributed by atoms with E-state index in [1.54, 1.807) is 0 Å².